The fourth-order valence-electron chi connectivity index (χ4n) is 1.58. The minimum Gasteiger partial charge on any atom is -0.492 e. The van der Waals surface area contributed by atoms with Crippen LogP contribution in [0.25, 0.3) is 11.3 Å². The van der Waals surface area contributed by atoms with Crippen molar-refractivity contribution in [3.63, 3.8) is 0 Å². The average molecular weight is 264 g/mol. The van der Waals surface area contributed by atoms with Crippen LogP contribution in [-0.4, -0.2) is 23.6 Å². The first kappa shape index (κ1) is 12.6. The molecule has 2 rings (SSSR count). The van der Waals surface area contributed by atoms with Gasteiger partial charge in [-0.25, -0.2) is 9.97 Å². The summed E-state index contributed by atoms with van der Waals surface area (Å²) in [5.74, 6) is 1.45. The van der Waals surface area contributed by atoms with Gasteiger partial charge in [0.25, 0.3) is 0 Å². The van der Waals surface area contributed by atoms with Crippen molar-refractivity contribution in [1.82, 2.24) is 9.97 Å². The standard InChI is InChI=1S/C13H14ClN3O/c1-3-18-12-5-4-9(6-10(12)14)11-7-13(15-2)17-8-16-11/h4-8H,3H2,1-2H3,(H,15,16,17). The molecule has 94 valence electrons. The molecule has 0 amide bonds. The van der Waals surface area contributed by atoms with E-state index in [9.17, 15) is 0 Å². The van der Waals surface area contributed by atoms with Crippen molar-refractivity contribution in [3.05, 3.63) is 35.6 Å². The van der Waals surface area contributed by atoms with Crippen molar-refractivity contribution in [2.45, 2.75) is 6.92 Å². The normalized spacial score (nSPS) is 10.2. The minimum absolute atomic E-state index is 0.582. The Balaban J connectivity index is 2.35. The Labute approximate surface area is 111 Å². The molecular formula is C13H14ClN3O. The van der Waals surface area contributed by atoms with Gasteiger partial charge in [0.15, 0.2) is 0 Å². The molecule has 0 saturated heterocycles. The summed E-state index contributed by atoms with van der Waals surface area (Å²) < 4.78 is 5.40. The van der Waals surface area contributed by atoms with Crippen LogP contribution < -0.4 is 10.1 Å². The Morgan fingerprint density at radius 3 is 2.78 bits per heavy atom. The van der Waals surface area contributed by atoms with E-state index in [0.717, 1.165) is 17.1 Å². The van der Waals surface area contributed by atoms with E-state index in [-0.39, 0.29) is 0 Å². The maximum absolute atomic E-state index is 6.15. The number of nitrogens with zero attached hydrogens (tertiary/aromatic N) is 2. The van der Waals surface area contributed by atoms with Crippen molar-refractivity contribution in [3.8, 4) is 17.0 Å². The van der Waals surface area contributed by atoms with Gasteiger partial charge < -0.3 is 10.1 Å². The summed E-state index contributed by atoms with van der Waals surface area (Å²) in [6.07, 6.45) is 1.52. The number of benzene rings is 1. The third-order valence-electron chi connectivity index (χ3n) is 2.45. The molecule has 2 aromatic rings. The third-order valence-corrected chi connectivity index (χ3v) is 2.75. The van der Waals surface area contributed by atoms with Crippen LogP contribution in [0.2, 0.25) is 5.02 Å². The lowest BCUT2D eigenvalue weighted by atomic mass is 10.1. The van der Waals surface area contributed by atoms with E-state index < -0.39 is 0 Å². The zero-order chi connectivity index (χ0) is 13.0. The Kier molecular flexibility index (Phi) is 3.99. The number of rotatable bonds is 4. The SMILES string of the molecule is CCOc1ccc(-c2cc(NC)ncn2)cc1Cl. The van der Waals surface area contributed by atoms with Gasteiger partial charge in [0.2, 0.25) is 0 Å². The molecule has 0 radical (unpaired) electrons. The third kappa shape index (κ3) is 2.71. The lowest BCUT2D eigenvalue weighted by molar-refractivity contribution is 0.340. The molecule has 0 aliphatic carbocycles. The van der Waals surface area contributed by atoms with Crippen LogP contribution in [0.5, 0.6) is 5.75 Å². The van der Waals surface area contributed by atoms with Gasteiger partial charge in [0.1, 0.15) is 17.9 Å². The van der Waals surface area contributed by atoms with Gasteiger partial charge in [0, 0.05) is 18.7 Å². The van der Waals surface area contributed by atoms with Gasteiger partial charge >= 0.3 is 0 Å². The molecule has 1 aromatic heterocycles. The quantitative estimate of drug-likeness (QED) is 0.920. The van der Waals surface area contributed by atoms with E-state index in [0.29, 0.717) is 17.4 Å². The smallest absolute Gasteiger partial charge is 0.137 e. The van der Waals surface area contributed by atoms with Crippen molar-refractivity contribution >= 4 is 17.4 Å². The summed E-state index contributed by atoms with van der Waals surface area (Å²) in [6, 6.07) is 7.49. The van der Waals surface area contributed by atoms with Crippen LogP contribution in [0.1, 0.15) is 6.92 Å². The maximum Gasteiger partial charge on any atom is 0.137 e. The van der Waals surface area contributed by atoms with Crippen LogP contribution in [0.4, 0.5) is 5.82 Å². The van der Waals surface area contributed by atoms with E-state index in [2.05, 4.69) is 15.3 Å². The molecule has 1 aromatic carbocycles. The molecule has 0 aliphatic rings. The molecule has 0 saturated carbocycles. The highest BCUT2D eigenvalue weighted by Crippen LogP contribution is 2.29. The molecule has 0 spiro atoms. The van der Waals surface area contributed by atoms with E-state index in [1.54, 1.807) is 0 Å². The molecule has 0 atom stereocenters. The molecule has 1 heterocycles. The highest BCUT2D eigenvalue weighted by Gasteiger charge is 2.06. The largest absolute Gasteiger partial charge is 0.492 e. The second-order valence-electron chi connectivity index (χ2n) is 3.62. The highest BCUT2D eigenvalue weighted by molar-refractivity contribution is 6.32. The molecule has 0 bridgehead atoms. The topological polar surface area (TPSA) is 47.0 Å². The summed E-state index contributed by atoms with van der Waals surface area (Å²) in [7, 11) is 1.82. The second-order valence-corrected chi connectivity index (χ2v) is 4.02. The molecular weight excluding hydrogens is 250 g/mol. The van der Waals surface area contributed by atoms with E-state index >= 15 is 0 Å². The first-order chi connectivity index (χ1) is 8.74. The molecule has 1 N–H and O–H groups in total. The Morgan fingerprint density at radius 1 is 1.28 bits per heavy atom. The van der Waals surface area contributed by atoms with Crippen molar-refractivity contribution < 1.29 is 4.74 Å². The number of ether oxygens (including phenoxy) is 1. The van der Waals surface area contributed by atoms with Gasteiger partial charge in [-0.2, -0.15) is 0 Å². The fraction of sp³-hybridized carbons (Fsp3) is 0.231. The maximum atomic E-state index is 6.15. The fourth-order valence-corrected chi connectivity index (χ4v) is 1.82. The summed E-state index contributed by atoms with van der Waals surface area (Å²) in [5, 5.41) is 3.56. The first-order valence-corrected chi connectivity index (χ1v) is 6.05. The lowest BCUT2D eigenvalue weighted by Gasteiger charge is -2.08. The predicted molar refractivity (Wildman–Crippen MR) is 73.2 cm³/mol. The monoisotopic (exact) mass is 263 g/mol. The second kappa shape index (κ2) is 5.69. The van der Waals surface area contributed by atoms with Crippen LogP contribution in [-0.2, 0) is 0 Å². The number of nitrogens with one attached hydrogen (secondary N) is 1. The van der Waals surface area contributed by atoms with Gasteiger partial charge in [-0.3, -0.25) is 0 Å². The summed E-state index contributed by atoms with van der Waals surface area (Å²) >= 11 is 6.15. The lowest BCUT2D eigenvalue weighted by Crippen LogP contribution is -1.95. The predicted octanol–water partition coefficient (Wildman–Crippen LogP) is 3.24. The summed E-state index contributed by atoms with van der Waals surface area (Å²) in [5.41, 5.74) is 1.75. The van der Waals surface area contributed by atoms with Crippen LogP contribution in [0.15, 0.2) is 30.6 Å². The molecule has 5 heteroatoms. The van der Waals surface area contributed by atoms with Gasteiger partial charge in [-0.1, -0.05) is 11.6 Å². The molecule has 0 aliphatic heterocycles. The Bertz CT molecular complexity index is 546. The molecule has 4 nitrogen and oxygen atoms in total. The zero-order valence-electron chi connectivity index (χ0n) is 10.3. The number of aromatic nitrogens is 2. The van der Waals surface area contributed by atoms with Gasteiger partial charge in [-0.05, 0) is 25.1 Å². The molecule has 0 fully saturated rings. The number of hydrogen-bond acceptors (Lipinski definition) is 4. The van der Waals surface area contributed by atoms with Crippen LogP contribution >= 0.6 is 11.6 Å². The highest BCUT2D eigenvalue weighted by atomic mass is 35.5. The van der Waals surface area contributed by atoms with Crippen molar-refractivity contribution in [2.24, 2.45) is 0 Å². The molecule has 18 heavy (non-hydrogen) atoms. The van der Waals surface area contributed by atoms with Crippen LogP contribution in [0.3, 0.4) is 0 Å². The average Bonchev–Trinajstić information content (AvgIpc) is 2.41. The number of anilines is 1. The molecule has 0 unspecified atom stereocenters. The summed E-state index contributed by atoms with van der Waals surface area (Å²) in [6.45, 7) is 2.52. The number of halogens is 1. The van der Waals surface area contributed by atoms with Crippen molar-refractivity contribution in [2.75, 3.05) is 19.0 Å². The zero-order valence-corrected chi connectivity index (χ0v) is 11.0. The number of hydrogen-bond donors (Lipinski definition) is 1. The van der Waals surface area contributed by atoms with Gasteiger partial charge in [-0.15, -0.1) is 0 Å². The summed E-state index contributed by atoms with van der Waals surface area (Å²) in [4.78, 5) is 8.30. The Morgan fingerprint density at radius 2 is 2.11 bits per heavy atom. The Hall–Kier alpha value is -1.81. The van der Waals surface area contributed by atoms with E-state index in [1.165, 1.54) is 6.33 Å². The first-order valence-electron chi connectivity index (χ1n) is 5.67. The van der Waals surface area contributed by atoms with Crippen LogP contribution in [0, 0.1) is 0 Å². The van der Waals surface area contributed by atoms with E-state index in [1.807, 2.05) is 38.2 Å². The van der Waals surface area contributed by atoms with E-state index in [4.69, 9.17) is 16.3 Å². The van der Waals surface area contributed by atoms with Crippen molar-refractivity contribution in [1.29, 1.82) is 0 Å². The minimum atomic E-state index is 0.582. The van der Waals surface area contributed by atoms with Gasteiger partial charge in [0.05, 0.1) is 17.3 Å².